The summed E-state index contributed by atoms with van der Waals surface area (Å²) in [6, 6.07) is 9.92. The van der Waals surface area contributed by atoms with Crippen molar-refractivity contribution in [2.24, 2.45) is 0 Å². The topological polar surface area (TPSA) is 80.1 Å². The second kappa shape index (κ2) is 6.66. The van der Waals surface area contributed by atoms with Gasteiger partial charge in [0.15, 0.2) is 5.82 Å². The molecule has 25 heavy (non-hydrogen) atoms. The minimum Gasteiger partial charge on any atom is -0.353 e. The third kappa shape index (κ3) is 3.40. The smallest absolute Gasteiger partial charge is 0.224 e. The molecule has 0 unspecified atom stereocenters. The lowest BCUT2D eigenvalue weighted by molar-refractivity contribution is -0.131. The average Bonchev–Trinajstić information content (AvgIpc) is 3.16. The van der Waals surface area contributed by atoms with Crippen LogP contribution in [0.5, 0.6) is 0 Å². The first-order valence-electron chi connectivity index (χ1n) is 8.75. The zero-order chi connectivity index (χ0) is 17.2. The van der Waals surface area contributed by atoms with Crippen LogP contribution in [0.3, 0.4) is 0 Å². The summed E-state index contributed by atoms with van der Waals surface area (Å²) in [6.07, 6.45) is 2.36. The zero-order valence-corrected chi connectivity index (χ0v) is 14.0. The Morgan fingerprint density at radius 2 is 2.00 bits per heavy atom. The first-order chi connectivity index (χ1) is 12.2. The molecule has 0 radical (unpaired) electrons. The van der Waals surface area contributed by atoms with E-state index in [1.807, 2.05) is 39.9 Å². The Kier molecular flexibility index (Phi) is 4.21. The van der Waals surface area contributed by atoms with Gasteiger partial charge in [-0.25, -0.2) is 9.67 Å². The standard InChI is InChI=1S/C18H21N5O2/c24-16-7-6-14(19-16)12-17(25)22-9-8-15-20-18(21-23(15)11-10-22)13-4-2-1-3-5-13/h1-5,14H,6-12H2,(H,19,24)/t14-/m1/s1. The van der Waals surface area contributed by atoms with Crippen molar-refractivity contribution >= 4 is 11.8 Å². The number of hydrogen-bond donors (Lipinski definition) is 1. The van der Waals surface area contributed by atoms with Gasteiger partial charge in [-0.05, 0) is 6.42 Å². The number of aromatic nitrogens is 3. The van der Waals surface area contributed by atoms with Crippen LogP contribution < -0.4 is 5.32 Å². The fourth-order valence-electron chi connectivity index (χ4n) is 3.43. The fraction of sp³-hybridized carbons (Fsp3) is 0.444. The van der Waals surface area contributed by atoms with Crippen molar-refractivity contribution in [1.82, 2.24) is 25.0 Å². The normalized spacial score (nSPS) is 20.1. The van der Waals surface area contributed by atoms with E-state index in [4.69, 9.17) is 0 Å². The maximum Gasteiger partial charge on any atom is 0.224 e. The van der Waals surface area contributed by atoms with E-state index in [9.17, 15) is 9.59 Å². The number of hydrogen-bond acceptors (Lipinski definition) is 4. The molecule has 4 rings (SSSR count). The van der Waals surface area contributed by atoms with Gasteiger partial charge < -0.3 is 10.2 Å². The van der Waals surface area contributed by atoms with Gasteiger partial charge in [0.25, 0.3) is 0 Å². The molecule has 1 saturated heterocycles. The summed E-state index contributed by atoms with van der Waals surface area (Å²) in [5, 5.41) is 7.46. The lowest BCUT2D eigenvalue weighted by Gasteiger charge is -2.21. The monoisotopic (exact) mass is 339 g/mol. The molecule has 1 fully saturated rings. The summed E-state index contributed by atoms with van der Waals surface area (Å²) in [7, 11) is 0. The van der Waals surface area contributed by atoms with Crippen LogP contribution in [0.15, 0.2) is 30.3 Å². The van der Waals surface area contributed by atoms with Gasteiger partial charge in [0.1, 0.15) is 5.82 Å². The third-order valence-corrected chi connectivity index (χ3v) is 4.83. The summed E-state index contributed by atoms with van der Waals surface area (Å²) in [5.74, 6) is 1.81. The molecule has 130 valence electrons. The number of rotatable bonds is 3. The van der Waals surface area contributed by atoms with E-state index in [0.717, 1.165) is 23.6 Å². The van der Waals surface area contributed by atoms with Crippen LogP contribution in [0, 0.1) is 0 Å². The lowest BCUT2D eigenvalue weighted by atomic mass is 10.1. The SMILES string of the molecule is O=C1CC[C@H](CC(=O)N2CCc3nc(-c4ccccc4)nn3CC2)N1. The van der Waals surface area contributed by atoms with Crippen molar-refractivity contribution < 1.29 is 9.59 Å². The highest BCUT2D eigenvalue weighted by molar-refractivity contribution is 5.82. The minimum atomic E-state index is -0.0110. The zero-order valence-electron chi connectivity index (χ0n) is 14.0. The Hall–Kier alpha value is -2.70. The van der Waals surface area contributed by atoms with Gasteiger partial charge in [0, 0.05) is 44.0 Å². The predicted octanol–water partition coefficient (Wildman–Crippen LogP) is 0.998. The summed E-state index contributed by atoms with van der Waals surface area (Å²) in [4.78, 5) is 30.3. The maximum absolute atomic E-state index is 12.5. The molecular weight excluding hydrogens is 318 g/mol. The van der Waals surface area contributed by atoms with Crippen LogP contribution >= 0.6 is 0 Å². The molecule has 1 aromatic heterocycles. The predicted molar refractivity (Wildman–Crippen MR) is 91.5 cm³/mol. The molecule has 0 saturated carbocycles. The molecule has 2 aliphatic rings. The van der Waals surface area contributed by atoms with Gasteiger partial charge >= 0.3 is 0 Å². The van der Waals surface area contributed by atoms with Gasteiger partial charge in [0.05, 0.1) is 6.54 Å². The van der Waals surface area contributed by atoms with Crippen LogP contribution in [0.4, 0.5) is 0 Å². The Morgan fingerprint density at radius 3 is 2.76 bits per heavy atom. The lowest BCUT2D eigenvalue weighted by Crippen LogP contribution is -2.38. The molecule has 7 heteroatoms. The Labute approximate surface area is 146 Å². The molecule has 1 aromatic carbocycles. The molecule has 2 aromatic rings. The van der Waals surface area contributed by atoms with Gasteiger partial charge in [-0.15, -0.1) is 0 Å². The Balaban J connectivity index is 1.40. The van der Waals surface area contributed by atoms with Crippen molar-refractivity contribution in [2.45, 2.75) is 38.3 Å². The van der Waals surface area contributed by atoms with Crippen LogP contribution in [0.2, 0.25) is 0 Å². The first kappa shape index (κ1) is 15.8. The fourth-order valence-corrected chi connectivity index (χ4v) is 3.43. The van der Waals surface area contributed by atoms with Gasteiger partial charge in [0.2, 0.25) is 11.8 Å². The van der Waals surface area contributed by atoms with Crippen LogP contribution in [-0.2, 0) is 22.6 Å². The Morgan fingerprint density at radius 1 is 1.16 bits per heavy atom. The van der Waals surface area contributed by atoms with Gasteiger partial charge in [-0.3, -0.25) is 9.59 Å². The van der Waals surface area contributed by atoms with Crippen molar-refractivity contribution in [3.05, 3.63) is 36.2 Å². The second-order valence-electron chi connectivity index (χ2n) is 6.58. The number of benzene rings is 1. The summed E-state index contributed by atoms with van der Waals surface area (Å²) >= 11 is 0. The molecule has 1 N–H and O–H groups in total. The second-order valence-corrected chi connectivity index (χ2v) is 6.58. The molecule has 0 bridgehead atoms. The average molecular weight is 339 g/mol. The number of carbonyl (C=O) groups is 2. The van der Waals surface area contributed by atoms with E-state index >= 15 is 0 Å². The van der Waals surface area contributed by atoms with Crippen molar-refractivity contribution in [1.29, 1.82) is 0 Å². The van der Waals surface area contributed by atoms with E-state index in [-0.39, 0.29) is 17.9 Å². The van der Waals surface area contributed by atoms with Crippen LogP contribution in [0.25, 0.3) is 11.4 Å². The molecule has 2 aliphatic heterocycles. The van der Waals surface area contributed by atoms with E-state index in [1.54, 1.807) is 0 Å². The summed E-state index contributed by atoms with van der Waals surface area (Å²) < 4.78 is 1.91. The summed E-state index contributed by atoms with van der Waals surface area (Å²) in [6.45, 7) is 1.93. The van der Waals surface area contributed by atoms with Crippen LogP contribution in [-0.4, -0.2) is 50.6 Å². The van der Waals surface area contributed by atoms with E-state index < -0.39 is 0 Å². The highest BCUT2D eigenvalue weighted by atomic mass is 16.2. The number of nitrogens with zero attached hydrogens (tertiary/aromatic N) is 4. The third-order valence-electron chi connectivity index (χ3n) is 4.83. The maximum atomic E-state index is 12.5. The highest BCUT2D eigenvalue weighted by Gasteiger charge is 2.27. The minimum absolute atomic E-state index is 0.0110. The number of carbonyl (C=O) groups excluding carboxylic acids is 2. The van der Waals surface area contributed by atoms with Crippen molar-refractivity contribution in [3.8, 4) is 11.4 Å². The molecular formula is C18H21N5O2. The molecule has 2 amide bonds. The quantitative estimate of drug-likeness (QED) is 0.905. The van der Waals surface area contributed by atoms with E-state index in [2.05, 4.69) is 15.4 Å². The Bertz CT molecular complexity index is 761. The number of nitrogens with one attached hydrogen (secondary N) is 1. The number of amides is 2. The van der Waals surface area contributed by atoms with Gasteiger partial charge in [-0.2, -0.15) is 5.10 Å². The molecule has 0 spiro atoms. The number of fused-ring (bicyclic) bond motifs is 1. The van der Waals surface area contributed by atoms with Crippen molar-refractivity contribution in [2.75, 3.05) is 13.1 Å². The molecule has 0 aliphatic carbocycles. The van der Waals surface area contributed by atoms with Gasteiger partial charge in [-0.1, -0.05) is 30.3 Å². The van der Waals surface area contributed by atoms with E-state index in [0.29, 0.717) is 38.9 Å². The summed E-state index contributed by atoms with van der Waals surface area (Å²) in [5.41, 5.74) is 1.01. The molecule has 1 atom stereocenters. The van der Waals surface area contributed by atoms with E-state index in [1.165, 1.54) is 0 Å². The van der Waals surface area contributed by atoms with Crippen LogP contribution in [0.1, 0.15) is 25.1 Å². The highest BCUT2D eigenvalue weighted by Crippen LogP contribution is 2.18. The largest absolute Gasteiger partial charge is 0.353 e. The van der Waals surface area contributed by atoms with Crippen molar-refractivity contribution in [3.63, 3.8) is 0 Å². The first-order valence-corrected chi connectivity index (χ1v) is 8.75. The molecule has 3 heterocycles. The molecule has 7 nitrogen and oxygen atoms in total.